The van der Waals surface area contributed by atoms with Crippen LogP contribution in [0.2, 0.25) is 5.02 Å². The number of aromatic nitrogens is 3. The molecule has 0 saturated carbocycles. The maximum absolute atomic E-state index is 16.9. The first-order chi connectivity index (χ1) is 23.9. The van der Waals surface area contributed by atoms with Crippen molar-refractivity contribution in [1.82, 2.24) is 24.8 Å². The number of benzene rings is 2. The van der Waals surface area contributed by atoms with Gasteiger partial charge in [-0.05, 0) is 58.0 Å². The Hall–Kier alpha value is -3.87. The largest absolute Gasteiger partial charge is 0.461 e. The second kappa shape index (κ2) is 12.4. The topological polar surface area (TPSA) is 93.2 Å². The van der Waals surface area contributed by atoms with Crippen molar-refractivity contribution in [3.8, 4) is 17.3 Å². The third-order valence-corrected chi connectivity index (χ3v) is 11.0. The van der Waals surface area contributed by atoms with E-state index < -0.39 is 29.2 Å². The number of hydrogen-bond acceptors (Lipinski definition) is 9. The van der Waals surface area contributed by atoms with Crippen LogP contribution in [0.1, 0.15) is 46.5 Å². The summed E-state index contributed by atoms with van der Waals surface area (Å²) in [7, 11) is 1.64. The molecule has 10 nitrogen and oxygen atoms in total. The van der Waals surface area contributed by atoms with Crippen molar-refractivity contribution < 1.29 is 27.8 Å². The molecule has 0 aliphatic carbocycles. The third-order valence-electron chi connectivity index (χ3n) is 10.7. The molecule has 6 heterocycles. The summed E-state index contributed by atoms with van der Waals surface area (Å²) in [6.07, 6.45) is 2.84. The van der Waals surface area contributed by atoms with Gasteiger partial charge in [0.2, 0.25) is 0 Å². The maximum atomic E-state index is 16.9. The molecule has 0 N–H and O–H groups in total. The number of rotatable bonds is 6. The van der Waals surface area contributed by atoms with Gasteiger partial charge in [-0.3, -0.25) is 14.8 Å². The van der Waals surface area contributed by atoms with Gasteiger partial charge in [-0.2, -0.15) is 9.97 Å². The first-order valence-electron chi connectivity index (χ1n) is 17.3. The lowest BCUT2D eigenvalue weighted by Gasteiger charge is -2.42. The predicted molar refractivity (Wildman–Crippen MR) is 187 cm³/mol. The van der Waals surface area contributed by atoms with E-state index in [4.69, 9.17) is 30.8 Å². The molecule has 4 aliphatic heterocycles. The normalized spacial score (nSPS) is 26.6. The summed E-state index contributed by atoms with van der Waals surface area (Å²) in [4.78, 5) is 33.5. The van der Waals surface area contributed by atoms with E-state index in [1.54, 1.807) is 30.3 Å². The molecule has 4 fully saturated rings. The van der Waals surface area contributed by atoms with Gasteiger partial charge < -0.3 is 19.1 Å². The lowest BCUT2D eigenvalue weighted by Crippen LogP contribution is -2.58. The van der Waals surface area contributed by atoms with E-state index in [1.807, 2.05) is 49.9 Å². The number of amides is 1. The number of nitrogens with zero attached hydrogens (tertiary/aromatic N) is 6. The van der Waals surface area contributed by atoms with Crippen LogP contribution < -0.4 is 9.64 Å². The van der Waals surface area contributed by atoms with E-state index in [9.17, 15) is 9.18 Å². The lowest BCUT2D eigenvalue weighted by atomic mass is 9.95. The molecule has 4 aliphatic rings. The Kier molecular flexibility index (Phi) is 8.27. The Labute approximate surface area is 294 Å². The smallest absolute Gasteiger partial charge is 0.411 e. The summed E-state index contributed by atoms with van der Waals surface area (Å²) in [6.45, 7) is 7.70. The van der Waals surface area contributed by atoms with Crippen LogP contribution in [-0.2, 0) is 9.47 Å². The van der Waals surface area contributed by atoms with Crippen LogP contribution in [0.3, 0.4) is 0 Å². The van der Waals surface area contributed by atoms with Crippen LogP contribution >= 0.6 is 11.6 Å². The molecule has 13 heteroatoms. The molecular weight excluding hydrogens is 666 g/mol. The van der Waals surface area contributed by atoms with Gasteiger partial charge in [-0.25, -0.2) is 13.6 Å². The number of halogens is 3. The van der Waals surface area contributed by atoms with Gasteiger partial charge in [0.25, 0.3) is 0 Å². The first-order valence-corrected chi connectivity index (χ1v) is 17.7. The molecule has 5 atom stereocenters. The molecule has 8 rings (SSSR count). The highest BCUT2D eigenvalue weighted by molar-refractivity contribution is 6.36. The minimum absolute atomic E-state index is 0.00763. The summed E-state index contributed by atoms with van der Waals surface area (Å²) in [5.41, 5.74) is -0.389. The standard InChI is InChI=1S/C37H41ClF2N6O4/c1-36(2,3)50-35(47)46-23-14-28(48-4)27(46)19-44(18-23)33-25-16-41-31(24-10-5-8-21-9-6-11-26(38)29(21)24)30(40)32(25)42-34(43-33)49-20-37-12-7-13-45(37)17-22(39)15-37/h5-6,8-11,16,22-23,27-28H,7,12-15,17-20H2,1-4H3/t22-,23-,27-,28-,37?/m1/s1. The van der Waals surface area contributed by atoms with Crippen molar-refractivity contribution >= 4 is 45.2 Å². The summed E-state index contributed by atoms with van der Waals surface area (Å²) in [6, 6.07) is 10.6. The quantitative estimate of drug-likeness (QED) is 0.215. The highest BCUT2D eigenvalue weighted by Crippen LogP contribution is 2.42. The molecule has 50 heavy (non-hydrogen) atoms. The van der Waals surface area contributed by atoms with Gasteiger partial charge in [0.15, 0.2) is 5.82 Å². The molecule has 1 amide bonds. The molecule has 0 radical (unpaired) electrons. The van der Waals surface area contributed by atoms with Crippen LogP contribution in [0, 0.1) is 5.82 Å². The number of pyridine rings is 1. The number of carbonyl (C=O) groups excluding carboxylic acids is 1. The number of carbonyl (C=O) groups is 1. The number of ether oxygens (including phenoxy) is 3. The van der Waals surface area contributed by atoms with Crippen molar-refractivity contribution in [1.29, 1.82) is 0 Å². The summed E-state index contributed by atoms with van der Waals surface area (Å²) in [5.74, 6) is -0.177. The van der Waals surface area contributed by atoms with Crippen LogP contribution in [0.25, 0.3) is 32.9 Å². The van der Waals surface area contributed by atoms with Crippen LogP contribution in [0.15, 0.2) is 42.6 Å². The Bertz CT molecular complexity index is 1970. The Morgan fingerprint density at radius 3 is 2.70 bits per heavy atom. The van der Waals surface area contributed by atoms with E-state index in [-0.39, 0.29) is 42.0 Å². The average molecular weight is 707 g/mol. The molecule has 4 saturated heterocycles. The van der Waals surface area contributed by atoms with Crippen LogP contribution in [-0.4, -0.2) is 106 Å². The Morgan fingerprint density at radius 2 is 1.92 bits per heavy atom. The highest BCUT2D eigenvalue weighted by Gasteiger charge is 2.51. The number of piperazine rings is 1. The van der Waals surface area contributed by atoms with E-state index in [2.05, 4.69) is 14.9 Å². The summed E-state index contributed by atoms with van der Waals surface area (Å²) in [5, 5.41) is 2.45. The van der Waals surface area contributed by atoms with Crippen molar-refractivity contribution in [2.45, 2.75) is 82.0 Å². The van der Waals surface area contributed by atoms with Gasteiger partial charge in [0.05, 0.1) is 29.1 Å². The van der Waals surface area contributed by atoms with Crippen molar-refractivity contribution in [3.63, 3.8) is 0 Å². The van der Waals surface area contributed by atoms with E-state index >= 15 is 4.39 Å². The second-order valence-corrected chi connectivity index (χ2v) is 15.5. The summed E-state index contributed by atoms with van der Waals surface area (Å²) >= 11 is 6.64. The molecule has 2 bridgehead atoms. The fraction of sp³-hybridized carbons (Fsp3) is 0.514. The van der Waals surface area contributed by atoms with Crippen molar-refractivity contribution in [2.24, 2.45) is 0 Å². The molecule has 264 valence electrons. The predicted octanol–water partition coefficient (Wildman–Crippen LogP) is 6.81. The van der Waals surface area contributed by atoms with E-state index in [1.165, 1.54) is 0 Å². The molecule has 2 aromatic heterocycles. The van der Waals surface area contributed by atoms with Gasteiger partial charge in [-0.15, -0.1) is 0 Å². The van der Waals surface area contributed by atoms with Gasteiger partial charge in [-0.1, -0.05) is 41.9 Å². The number of anilines is 1. The van der Waals surface area contributed by atoms with E-state index in [0.29, 0.717) is 59.7 Å². The minimum Gasteiger partial charge on any atom is -0.461 e. The average Bonchev–Trinajstić information content (AvgIpc) is 3.68. The minimum atomic E-state index is -0.920. The molecule has 2 aromatic carbocycles. The number of alkyl halides is 1. The maximum Gasteiger partial charge on any atom is 0.411 e. The third kappa shape index (κ3) is 5.69. The SMILES string of the molecule is CO[C@@H]1C[C@@H]2CN(c3nc(OCC45CCCN4C[C@H](F)C5)nc4c(F)c(-c5cccc6cccc(Cl)c56)ncc34)C[C@H]1N2C(=O)OC(C)(C)C. The van der Waals surface area contributed by atoms with E-state index in [0.717, 1.165) is 24.8 Å². The van der Waals surface area contributed by atoms with Gasteiger partial charge in [0, 0.05) is 55.3 Å². The first kappa shape index (κ1) is 33.3. The zero-order valence-electron chi connectivity index (χ0n) is 28.7. The number of fused-ring (bicyclic) bond motifs is 5. The number of methoxy groups -OCH3 is 1. The van der Waals surface area contributed by atoms with Crippen molar-refractivity contribution in [2.75, 3.05) is 44.8 Å². The zero-order chi connectivity index (χ0) is 34.9. The van der Waals surface area contributed by atoms with Crippen LogP contribution in [0.4, 0.5) is 19.4 Å². The Balaban J connectivity index is 1.21. The molecule has 4 aromatic rings. The van der Waals surface area contributed by atoms with Crippen molar-refractivity contribution in [3.05, 3.63) is 53.4 Å². The molecule has 0 spiro atoms. The number of hydrogen-bond donors (Lipinski definition) is 0. The van der Waals surface area contributed by atoms with Crippen LogP contribution in [0.5, 0.6) is 6.01 Å². The second-order valence-electron chi connectivity index (χ2n) is 15.0. The van der Waals surface area contributed by atoms with Gasteiger partial charge >= 0.3 is 12.1 Å². The van der Waals surface area contributed by atoms with Gasteiger partial charge in [0.1, 0.15) is 35.4 Å². The fourth-order valence-corrected chi connectivity index (χ4v) is 8.88. The Morgan fingerprint density at radius 1 is 1.12 bits per heavy atom. The molecule has 1 unspecified atom stereocenters. The summed E-state index contributed by atoms with van der Waals surface area (Å²) < 4.78 is 49.5. The lowest BCUT2D eigenvalue weighted by molar-refractivity contribution is 0.00212. The molecular formula is C37H41ClF2N6O4. The zero-order valence-corrected chi connectivity index (χ0v) is 29.4. The fourth-order valence-electron chi connectivity index (χ4n) is 8.59. The monoisotopic (exact) mass is 706 g/mol. The highest BCUT2D eigenvalue weighted by atomic mass is 35.5.